The highest BCUT2D eigenvalue weighted by Gasteiger charge is 2.30. The van der Waals surface area contributed by atoms with Gasteiger partial charge in [-0.2, -0.15) is 0 Å². The van der Waals surface area contributed by atoms with Gasteiger partial charge in [0, 0.05) is 6.42 Å². The summed E-state index contributed by atoms with van der Waals surface area (Å²) in [6, 6.07) is 0.848. The van der Waals surface area contributed by atoms with E-state index in [0.717, 1.165) is 0 Å². The minimum atomic E-state index is -1.42. The number of benzene rings is 1. The second kappa shape index (κ2) is 17.7. The third-order valence-electron chi connectivity index (χ3n) is 5.88. The van der Waals surface area contributed by atoms with Gasteiger partial charge in [-0.15, -0.1) is 0 Å². The van der Waals surface area contributed by atoms with E-state index in [0.29, 0.717) is 44.3 Å². The van der Waals surface area contributed by atoms with Crippen molar-refractivity contribution in [2.45, 2.75) is 75.5 Å². The largest absolute Gasteiger partial charge is 0.508 e. The van der Waals surface area contributed by atoms with Gasteiger partial charge in [-0.25, -0.2) is 4.79 Å². The van der Waals surface area contributed by atoms with E-state index in [-0.39, 0.29) is 25.0 Å². The molecule has 12 N–H and O–H groups in total. The second-order valence-electron chi connectivity index (χ2n) is 9.17. The molecule has 218 valence electrons. The van der Waals surface area contributed by atoms with Crippen molar-refractivity contribution in [1.29, 1.82) is 0 Å². The summed E-state index contributed by atoms with van der Waals surface area (Å²) in [5, 5.41) is 35.5. The van der Waals surface area contributed by atoms with Crippen LogP contribution in [0.15, 0.2) is 24.3 Å². The minimum absolute atomic E-state index is 0.0108. The van der Waals surface area contributed by atoms with Crippen LogP contribution in [0.2, 0.25) is 0 Å². The molecule has 3 amide bonds. The van der Waals surface area contributed by atoms with Crippen LogP contribution in [0.4, 0.5) is 0 Å². The van der Waals surface area contributed by atoms with E-state index in [4.69, 9.17) is 22.3 Å². The molecule has 0 fully saturated rings. The maximum absolute atomic E-state index is 13.3. The standard InChI is InChI=1S/C25H40N6O8/c26-11-3-1-5-18(23(36)30-19(25(38)39)6-2-4-12-27)29-24(37)20(13-15-7-9-16(32)10-8-15)31-22(35)17(28)14-21(33)34/h7-10,17-20,32H,1-6,11-14,26-28H2,(H,29,37)(H,30,36)(H,31,35)(H,33,34)(H,38,39). The molecule has 39 heavy (non-hydrogen) atoms. The smallest absolute Gasteiger partial charge is 0.326 e. The summed E-state index contributed by atoms with van der Waals surface area (Å²) in [4.78, 5) is 61.5. The van der Waals surface area contributed by atoms with Gasteiger partial charge in [-0.1, -0.05) is 12.1 Å². The van der Waals surface area contributed by atoms with Gasteiger partial charge < -0.3 is 48.5 Å². The molecule has 1 rings (SSSR count). The quantitative estimate of drug-likeness (QED) is 0.0895. The number of aromatic hydroxyl groups is 1. The van der Waals surface area contributed by atoms with Gasteiger partial charge in [0.25, 0.3) is 0 Å². The zero-order chi connectivity index (χ0) is 29.4. The van der Waals surface area contributed by atoms with Crippen molar-refractivity contribution in [2.24, 2.45) is 17.2 Å². The number of unbranched alkanes of at least 4 members (excludes halogenated alkanes) is 2. The maximum Gasteiger partial charge on any atom is 0.326 e. The first kappa shape index (κ1) is 33.3. The van der Waals surface area contributed by atoms with Gasteiger partial charge in [0.05, 0.1) is 12.5 Å². The highest BCUT2D eigenvalue weighted by molar-refractivity contribution is 5.94. The summed E-state index contributed by atoms with van der Waals surface area (Å²) in [6.45, 7) is 0.725. The molecule has 14 heteroatoms. The van der Waals surface area contributed by atoms with Crippen LogP contribution in [0.25, 0.3) is 0 Å². The Bertz CT molecular complexity index is 958. The van der Waals surface area contributed by atoms with Crippen LogP contribution in [0.1, 0.15) is 50.5 Å². The summed E-state index contributed by atoms with van der Waals surface area (Å²) in [6.07, 6.45) is 1.66. The number of carboxylic acids is 2. The summed E-state index contributed by atoms with van der Waals surface area (Å²) < 4.78 is 0. The van der Waals surface area contributed by atoms with Crippen molar-refractivity contribution >= 4 is 29.7 Å². The van der Waals surface area contributed by atoms with E-state index in [9.17, 15) is 34.2 Å². The number of phenolic OH excluding ortho intramolecular Hbond substituents is 1. The Morgan fingerprint density at radius 3 is 1.72 bits per heavy atom. The van der Waals surface area contributed by atoms with E-state index in [1.807, 2.05) is 0 Å². The molecule has 0 bridgehead atoms. The first-order valence-electron chi connectivity index (χ1n) is 12.8. The lowest BCUT2D eigenvalue weighted by atomic mass is 10.0. The molecule has 4 unspecified atom stereocenters. The summed E-state index contributed by atoms with van der Waals surface area (Å²) in [7, 11) is 0. The zero-order valence-corrected chi connectivity index (χ0v) is 21.8. The molecule has 0 aliphatic rings. The van der Waals surface area contributed by atoms with Crippen LogP contribution in [0.5, 0.6) is 5.75 Å². The van der Waals surface area contributed by atoms with Crippen molar-refractivity contribution < 1.29 is 39.3 Å². The summed E-state index contributed by atoms with van der Waals surface area (Å²) >= 11 is 0. The average molecular weight is 553 g/mol. The normalized spacial score (nSPS) is 13.9. The Morgan fingerprint density at radius 2 is 1.21 bits per heavy atom. The number of nitrogens with two attached hydrogens (primary N) is 3. The van der Waals surface area contributed by atoms with Gasteiger partial charge in [-0.05, 0) is 69.3 Å². The highest BCUT2D eigenvalue weighted by Crippen LogP contribution is 2.12. The van der Waals surface area contributed by atoms with E-state index in [1.54, 1.807) is 0 Å². The van der Waals surface area contributed by atoms with E-state index in [2.05, 4.69) is 16.0 Å². The molecular formula is C25H40N6O8. The van der Waals surface area contributed by atoms with Crippen LogP contribution < -0.4 is 33.2 Å². The molecule has 0 spiro atoms. The van der Waals surface area contributed by atoms with Crippen LogP contribution >= 0.6 is 0 Å². The molecule has 4 atom stereocenters. The zero-order valence-electron chi connectivity index (χ0n) is 21.8. The lowest BCUT2D eigenvalue weighted by Gasteiger charge is -2.25. The number of carbonyl (C=O) groups excluding carboxylic acids is 3. The van der Waals surface area contributed by atoms with E-state index < -0.39 is 60.2 Å². The Hall–Kier alpha value is -3.75. The third-order valence-corrected chi connectivity index (χ3v) is 5.88. The van der Waals surface area contributed by atoms with E-state index >= 15 is 0 Å². The summed E-state index contributed by atoms with van der Waals surface area (Å²) in [5.41, 5.74) is 17.2. The number of hydrogen-bond donors (Lipinski definition) is 9. The minimum Gasteiger partial charge on any atom is -0.508 e. The number of hydrogen-bond acceptors (Lipinski definition) is 9. The van der Waals surface area contributed by atoms with Crippen LogP contribution in [0.3, 0.4) is 0 Å². The van der Waals surface area contributed by atoms with Gasteiger partial charge in [0.15, 0.2) is 0 Å². The predicted octanol–water partition coefficient (Wildman–Crippen LogP) is -1.47. The Balaban J connectivity index is 3.12. The molecule has 0 aliphatic heterocycles. The average Bonchev–Trinajstić information content (AvgIpc) is 2.87. The topological polar surface area (TPSA) is 260 Å². The third kappa shape index (κ3) is 13.0. The monoisotopic (exact) mass is 552 g/mol. The Labute approximate surface area is 226 Å². The van der Waals surface area contributed by atoms with Crippen LogP contribution in [-0.2, 0) is 30.4 Å². The Kier molecular flexibility index (Phi) is 15.1. The van der Waals surface area contributed by atoms with Crippen LogP contribution in [0, 0.1) is 0 Å². The number of nitrogens with one attached hydrogen (secondary N) is 3. The predicted molar refractivity (Wildman–Crippen MR) is 141 cm³/mol. The molecule has 0 heterocycles. The maximum atomic E-state index is 13.3. The van der Waals surface area contributed by atoms with Crippen molar-refractivity contribution in [3.05, 3.63) is 29.8 Å². The van der Waals surface area contributed by atoms with Crippen molar-refractivity contribution in [3.8, 4) is 5.75 Å². The fourth-order valence-corrected chi connectivity index (χ4v) is 3.69. The fourth-order valence-electron chi connectivity index (χ4n) is 3.69. The Morgan fingerprint density at radius 1 is 0.718 bits per heavy atom. The fraction of sp³-hybridized carbons (Fsp3) is 0.560. The number of carboxylic acid groups (broad SMARTS) is 2. The van der Waals surface area contributed by atoms with Gasteiger partial charge >= 0.3 is 11.9 Å². The molecule has 0 radical (unpaired) electrons. The number of rotatable bonds is 19. The van der Waals surface area contributed by atoms with Crippen molar-refractivity contribution in [3.63, 3.8) is 0 Å². The second-order valence-corrected chi connectivity index (χ2v) is 9.17. The summed E-state index contributed by atoms with van der Waals surface area (Å²) in [5.74, 6) is -4.89. The van der Waals surface area contributed by atoms with E-state index in [1.165, 1.54) is 24.3 Å². The van der Waals surface area contributed by atoms with Crippen molar-refractivity contribution in [2.75, 3.05) is 13.1 Å². The SMILES string of the molecule is NCCCCC(NC(=O)C(CCCCN)NC(=O)C(Cc1ccc(O)cc1)NC(=O)C(N)CC(=O)O)C(=O)O. The van der Waals surface area contributed by atoms with Gasteiger partial charge in [-0.3, -0.25) is 19.2 Å². The first-order valence-corrected chi connectivity index (χ1v) is 12.8. The van der Waals surface area contributed by atoms with Gasteiger partial charge in [0.1, 0.15) is 23.9 Å². The number of phenols is 1. The molecule has 0 saturated heterocycles. The van der Waals surface area contributed by atoms with Crippen LogP contribution in [-0.4, -0.2) is 82.2 Å². The molecular weight excluding hydrogens is 512 g/mol. The highest BCUT2D eigenvalue weighted by atomic mass is 16.4. The number of aliphatic carboxylic acids is 2. The van der Waals surface area contributed by atoms with Gasteiger partial charge in [0.2, 0.25) is 17.7 Å². The molecule has 0 aromatic heterocycles. The molecule has 1 aromatic rings. The number of carbonyl (C=O) groups is 5. The van der Waals surface area contributed by atoms with Crippen molar-refractivity contribution in [1.82, 2.24) is 16.0 Å². The molecule has 0 saturated carbocycles. The lowest BCUT2D eigenvalue weighted by molar-refractivity contribution is -0.142. The lowest BCUT2D eigenvalue weighted by Crippen LogP contribution is -2.57. The molecule has 14 nitrogen and oxygen atoms in total. The molecule has 1 aromatic carbocycles. The first-order chi connectivity index (χ1) is 18.5. The number of amides is 3. The molecule has 0 aliphatic carbocycles.